The van der Waals surface area contributed by atoms with Gasteiger partial charge in [0.05, 0.1) is 17.7 Å². The van der Waals surface area contributed by atoms with Gasteiger partial charge in [0, 0.05) is 23.6 Å². The average molecular weight is 648 g/mol. The number of benzene rings is 4. The van der Waals surface area contributed by atoms with E-state index in [1.807, 2.05) is 60.7 Å². The first-order valence-electron chi connectivity index (χ1n) is 15.3. The third-order valence-corrected chi connectivity index (χ3v) is 7.83. The van der Waals surface area contributed by atoms with Crippen LogP contribution in [0.2, 0.25) is 0 Å². The lowest BCUT2D eigenvalue weighted by Crippen LogP contribution is -2.27. The van der Waals surface area contributed by atoms with Crippen LogP contribution in [-0.4, -0.2) is 49.6 Å². The van der Waals surface area contributed by atoms with Gasteiger partial charge in [-0.25, -0.2) is 4.79 Å². The Morgan fingerprint density at radius 1 is 0.938 bits per heavy atom. The van der Waals surface area contributed by atoms with E-state index in [1.165, 1.54) is 12.1 Å². The van der Waals surface area contributed by atoms with Gasteiger partial charge in [-0.15, -0.1) is 0 Å². The first-order chi connectivity index (χ1) is 23.3. The number of hydrogen-bond acceptors (Lipinski definition) is 9. The number of H-pyrrole nitrogens is 1. The van der Waals surface area contributed by atoms with E-state index in [1.54, 1.807) is 30.3 Å². The van der Waals surface area contributed by atoms with Crippen LogP contribution in [0.3, 0.4) is 0 Å². The monoisotopic (exact) mass is 647 g/mol. The number of amides is 1. The summed E-state index contributed by atoms with van der Waals surface area (Å²) in [4.78, 5) is 30.2. The van der Waals surface area contributed by atoms with E-state index < -0.39 is 18.2 Å². The highest BCUT2D eigenvalue weighted by atomic mass is 16.5. The molecule has 0 bridgehead atoms. The summed E-state index contributed by atoms with van der Waals surface area (Å²) in [6.07, 6.45) is -1.24. The van der Waals surface area contributed by atoms with Crippen molar-refractivity contribution in [1.29, 1.82) is 0 Å². The van der Waals surface area contributed by atoms with E-state index in [2.05, 4.69) is 25.8 Å². The molecule has 0 aliphatic rings. The number of carboxylic acid groups (broad SMARTS) is 1. The second-order valence-electron chi connectivity index (χ2n) is 11.1. The summed E-state index contributed by atoms with van der Waals surface area (Å²) in [5.74, 6) is 1.19. The maximum atomic E-state index is 11.7. The molecule has 48 heavy (non-hydrogen) atoms. The largest absolute Gasteiger partial charge is 0.506 e. The summed E-state index contributed by atoms with van der Waals surface area (Å²) in [5, 5.41) is 40.7. The van der Waals surface area contributed by atoms with Gasteiger partial charge in [0.25, 0.3) is 5.89 Å². The SMILES string of the molecule is O=C(O)NC(c1ccccc1)c1cccc(OCc2nc(-c3ccc(CCNC[C@@H](O)c4ccc(O)c5[nH]c(=O)ccc45)cc3)no2)c1. The Kier molecular flexibility index (Phi) is 9.75. The second-order valence-corrected chi connectivity index (χ2v) is 11.1. The molecule has 2 atom stereocenters. The van der Waals surface area contributed by atoms with Crippen LogP contribution in [0, 0.1) is 0 Å². The Balaban J connectivity index is 1.01. The molecule has 2 aromatic heterocycles. The molecule has 0 aliphatic heterocycles. The number of nitrogens with one attached hydrogen (secondary N) is 3. The van der Waals surface area contributed by atoms with E-state index in [4.69, 9.17) is 9.26 Å². The van der Waals surface area contributed by atoms with Gasteiger partial charge in [0.15, 0.2) is 6.61 Å². The molecule has 0 saturated carbocycles. The normalized spacial score (nSPS) is 12.4. The zero-order valence-electron chi connectivity index (χ0n) is 25.7. The number of carbonyl (C=O) groups is 1. The number of aromatic nitrogens is 3. The molecule has 1 amide bonds. The van der Waals surface area contributed by atoms with Crippen molar-refractivity contribution in [1.82, 2.24) is 25.8 Å². The van der Waals surface area contributed by atoms with E-state index >= 15 is 0 Å². The second kappa shape index (κ2) is 14.6. The van der Waals surface area contributed by atoms with Crippen LogP contribution in [0.1, 0.15) is 40.3 Å². The molecule has 4 aromatic carbocycles. The fourth-order valence-electron chi connectivity index (χ4n) is 5.44. The van der Waals surface area contributed by atoms with Crippen LogP contribution in [0.5, 0.6) is 11.5 Å². The summed E-state index contributed by atoms with van der Waals surface area (Å²) in [6.45, 7) is 0.945. The quantitative estimate of drug-likeness (QED) is 0.0924. The van der Waals surface area contributed by atoms with Gasteiger partial charge >= 0.3 is 6.09 Å². The lowest BCUT2D eigenvalue weighted by atomic mass is 9.99. The average Bonchev–Trinajstić information content (AvgIpc) is 3.58. The Bertz CT molecular complexity index is 2060. The molecular weight excluding hydrogens is 614 g/mol. The number of aliphatic hydroxyl groups excluding tert-OH is 1. The number of nitrogens with zero attached hydrogens (tertiary/aromatic N) is 2. The molecule has 0 saturated heterocycles. The van der Waals surface area contributed by atoms with Crippen molar-refractivity contribution < 1.29 is 29.4 Å². The van der Waals surface area contributed by atoms with Crippen molar-refractivity contribution in [2.75, 3.05) is 13.1 Å². The highest BCUT2D eigenvalue weighted by molar-refractivity contribution is 5.87. The molecule has 244 valence electrons. The maximum Gasteiger partial charge on any atom is 0.405 e. The van der Waals surface area contributed by atoms with Crippen LogP contribution in [-0.2, 0) is 13.0 Å². The van der Waals surface area contributed by atoms with E-state index in [0.717, 1.165) is 22.3 Å². The van der Waals surface area contributed by atoms with Crippen molar-refractivity contribution in [3.8, 4) is 22.9 Å². The van der Waals surface area contributed by atoms with Crippen molar-refractivity contribution >= 4 is 17.0 Å². The highest BCUT2D eigenvalue weighted by Gasteiger charge is 2.18. The van der Waals surface area contributed by atoms with Crippen molar-refractivity contribution in [2.45, 2.75) is 25.2 Å². The van der Waals surface area contributed by atoms with Crippen molar-refractivity contribution in [2.24, 2.45) is 0 Å². The number of phenolic OH excluding ortho intramolecular Hbond substituents is 1. The fraction of sp³-hybridized carbons (Fsp3) is 0.167. The third-order valence-electron chi connectivity index (χ3n) is 7.83. The molecular formula is C36H33N5O7. The number of fused-ring (bicyclic) bond motifs is 1. The molecule has 12 heteroatoms. The fourth-order valence-corrected chi connectivity index (χ4v) is 5.44. The van der Waals surface area contributed by atoms with Crippen LogP contribution in [0.25, 0.3) is 22.3 Å². The summed E-state index contributed by atoms with van der Waals surface area (Å²) in [7, 11) is 0. The number of aromatic hydroxyl groups is 1. The van der Waals surface area contributed by atoms with Crippen molar-refractivity contribution in [3.05, 3.63) is 142 Å². The summed E-state index contributed by atoms with van der Waals surface area (Å²) in [6, 6.07) is 29.8. The number of aliphatic hydroxyl groups is 1. The molecule has 0 aliphatic carbocycles. The van der Waals surface area contributed by atoms with E-state index in [9.17, 15) is 24.9 Å². The lowest BCUT2D eigenvalue weighted by Gasteiger charge is -2.18. The predicted molar refractivity (Wildman–Crippen MR) is 178 cm³/mol. The summed E-state index contributed by atoms with van der Waals surface area (Å²) < 4.78 is 11.3. The van der Waals surface area contributed by atoms with Gasteiger partial charge in [0.1, 0.15) is 11.5 Å². The molecule has 6 N–H and O–H groups in total. The highest BCUT2D eigenvalue weighted by Crippen LogP contribution is 2.29. The molecule has 6 rings (SSSR count). The minimum Gasteiger partial charge on any atom is -0.506 e. The maximum absolute atomic E-state index is 11.7. The number of ether oxygens (including phenoxy) is 1. The van der Waals surface area contributed by atoms with E-state index in [-0.39, 0.29) is 17.9 Å². The number of hydrogen-bond donors (Lipinski definition) is 6. The Morgan fingerprint density at radius 2 is 1.73 bits per heavy atom. The standard InChI is InChI=1S/C36H33N5O7/c42-29-15-13-27(28-14-16-31(44)38-34(28)29)30(43)20-37-18-17-22-9-11-24(12-10-22)35-39-32(48-41-35)21-47-26-8-4-7-25(19-26)33(40-36(45)46)23-5-2-1-3-6-23/h1-16,19,30,33,37,40,42-43H,17-18,20-21H2,(H,38,44)(H,45,46)/t30-,33?/m1/s1. The molecule has 12 nitrogen and oxygen atoms in total. The lowest BCUT2D eigenvalue weighted by molar-refractivity contribution is 0.176. The first kappa shape index (κ1) is 32.0. The van der Waals surface area contributed by atoms with Gasteiger partial charge in [-0.1, -0.05) is 78.0 Å². The zero-order chi connectivity index (χ0) is 33.5. The number of aromatic amines is 1. The molecule has 0 fully saturated rings. The van der Waals surface area contributed by atoms with Gasteiger partial charge in [-0.3, -0.25) is 4.79 Å². The number of pyridine rings is 1. The van der Waals surface area contributed by atoms with E-state index in [0.29, 0.717) is 53.4 Å². The first-order valence-corrected chi connectivity index (χ1v) is 15.3. The summed E-state index contributed by atoms with van der Waals surface area (Å²) in [5.41, 5.74) is 3.97. The minimum atomic E-state index is -1.13. The topological polar surface area (TPSA) is 183 Å². The molecule has 0 radical (unpaired) electrons. The van der Waals surface area contributed by atoms with Crippen LogP contribution < -0.4 is 20.9 Å². The van der Waals surface area contributed by atoms with Gasteiger partial charge in [-0.2, -0.15) is 4.98 Å². The van der Waals surface area contributed by atoms with Crippen LogP contribution in [0.4, 0.5) is 4.79 Å². The Hall–Kier alpha value is -5.98. The molecule has 6 aromatic rings. The molecule has 0 spiro atoms. The van der Waals surface area contributed by atoms with Crippen molar-refractivity contribution in [3.63, 3.8) is 0 Å². The molecule has 2 heterocycles. The van der Waals surface area contributed by atoms with Crippen LogP contribution in [0.15, 0.2) is 112 Å². The van der Waals surface area contributed by atoms with Gasteiger partial charge < -0.3 is 40.2 Å². The smallest absolute Gasteiger partial charge is 0.405 e. The van der Waals surface area contributed by atoms with Gasteiger partial charge in [-0.05, 0) is 59.5 Å². The Morgan fingerprint density at radius 3 is 2.52 bits per heavy atom. The minimum absolute atomic E-state index is 0.0340. The Labute approximate surface area is 274 Å². The number of rotatable bonds is 13. The summed E-state index contributed by atoms with van der Waals surface area (Å²) >= 11 is 0. The third kappa shape index (κ3) is 7.69. The zero-order valence-corrected chi connectivity index (χ0v) is 25.7. The van der Waals surface area contributed by atoms with Crippen LogP contribution >= 0.6 is 0 Å². The predicted octanol–water partition coefficient (Wildman–Crippen LogP) is 5.09. The number of phenols is 1. The molecule has 1 unspecified atom stereocenters. The van der Waals surface area contributed by atoms with Gasteiger partial charge in [0.2, 0.25) is 11.4 Å².